The zero-order valence-electron chi connectivity index (χ0n) is 10.4. The lowest BCUT2D eigenvalue weighted by Gasteiger charge is -2.17. The average Bonchev–Trinajstić information content (AvgIpc) is 2.59. The molecular formula is C11H19N3O2. The molecule has 0 fully saturated rings. The van der Waals surface area contributed by atoms with Crippen molar-refractivity contribution in [3.8, 4) is 0 Å². The molecule has 1 aromatic heterocycles. The monoisotopic (exact) mass is 225 g/mol. The van der Waals surface area contributed by atoms with Crippen LogP contribution in [0.4, 0.5) is 0 Å². The van der Waals surface area contributed by atoms with Crippen molar-refractivity contribution in [3.05, 3.63) is 11.9 Å². The highest BCUT2D eigenvalue weighted by Gasteiger charge is 2.09. The summed E-state index contributed by atoms with van der Waals surface area (Å²) in [7, 11) is 0. The predicted octanol–water partition coefficient (Wildman–Crippen LogP) is 1.89. The van der Waals surface area contributed by atoms with Crippen LogP contribution in [-0.4, -0.2) is 27.4 Å². The van der Waals surface area contributed by atoms with E-state index >= 15 is 0 Å². The van der Waals surface area contributed by atoms with Crippen molar-refractivity contribution in [2.45, 2.75) is 40.8 Å². The fourth-order valence-corrected chi connectivity index (χ4v) is 1.06. The number of carbonyl (C=O) groups is 1. The number of ether oxygens (including phenoxy) is 1. The molecular weight excluding hydrogens is 206 g/mol. The third kappa shape index (κ3) is 4.53. The van der Waals surface area contributed by atoms with Crippen LogP contribution in [0.2, 0.25) is 0 Å². The van der Waals surface area contributed by atoms with Gasteiger partial charge in [0.15, 0.2) is 5.78 Å². The molecule has 0 aliphatic rings. The van der Waals surface area contributed by atoms with Gasteiger partial charge in [-0.05, 0) is 11.8 Å². The lowest BCUT2D eigenvalue weighted by Crippen LogP contribution is -2.11. The maximum absolute atomic E-state index is 11.0. The van der Waals surface area contributed by atoms with Crippen molar-refractivity contribution in [2.24, 2.45) is 5.41 Å². The first-order chi connectivity index (χ1) is 7.38. The summed E-state index contributed by atoms with van der Waals surface area (Å²) in [6.45, 7) is 8.99. The number of carbonyl (C=O) groups excluding carboxylic acids is 1. The third-order valence-corrected chi connectivity index (χ3v) is 2.12. The van der Waals surface area contributed by atoms with E-state index in [0.717, 1.165) is 6.42 Å². The van der Waals surface area contributed by atoms with Crippen molar-refractivity contribution >= 4 is 5.78 Å². The van der Waals surface area contributed by atoms with Crippen LogP contribution in [0.5, 0.6) is 0 Å². The Morgan fingerprint density at radius 2 is 2.19 bits per heavy atom. The molecule has 0 aliphatic heterocycles. The maximum Gasteiger partial charge on any atom is 0.181 e. The largest absolute Gasteiger partial charge is 0.359 e. The number of hydrogen-bond acceptors (Lipinski definition) is 4. The second-order valence-electron chi connectivity index (χ2n) is 5.05. The molecule has 1 rings (SSSR count). The van der Waals surface area contributed by atoms with Gasteiger partial charge in [0.2, 0.25) is 0 Å². The molecule has 0 bridgehead atoms. The van der Waals surface area contributed by atoms with Gasteiger partial charge in [-0.15, -0.1) is 5.10 Å². The van der Waals surface area contributed by atoms with E-state index in [1.807, 2.05) is 0 Å². The molecule has 0 saturated carbocycles. The summed E-state index contributed by atoms with van der Waals surface area (Å²) in [5.41, 5.74) is 0.645. The Labute approximate surface area is 95.8 Å². The molecule has 0 saturated heterocycles. The van der Waals surface area contributed by atoms with E-state index in [4.69, 9.17) is 4.74 Å². The van der Waals surface area contributed by atoms with E-state index in [9.17, 15) is 4.79 Å². The smallest absolute Gasteiger partial charge is 0.181 e. The molecule has 16 heavy (non-hydrogen) atoms. The van der Waals surface area contributed by atoms with E-state index < -0.39 is 0 Å². The fourth-order valence-electron chi connectivity index (χ4n) is 1.06. The molecule has 1 aromatic rings. The minimum atomic E-state index is -0.0825. The first-order valence-electron chi connectivity index (χ1n) is 5.37. The van der Waals surface area contributed by atoms with E-state index in [2.05, 4.69) is 31.1 Å². The minimum Gasteiger partial charge on any atom is -0.359 e. The minimum absolute atomic E-state index is 0.0825. The van der Waals surface area contributed by atoms with E-state index in [-0.39, 0.29) is 11.2 Å². The van der Waals surface area contributed by atoms with Crippen LogP contribution in [0.3, 0.4) is 0 Å². The van der Waals surface area contributed by atoms with Gasteiger partial charge in [-0.2, -0.15) is 0 Å². The van der Waals surface area contributed by atoms with Crippen LogP contribution in [-0.2, 0) is 11.5 Å². The lowest BCUT2D eigenvalue weighted by molar-refractivity contribution is 0.0507. The van der Waals surface area contributed by atoms with Gasteiger partial charge in [-0.1, -0.05) is 26.0 Å². The summed E-state index contributed by atoms with van der Waals surface area (Å²) in [6, 6.07) is 0. The van der Waals surface area contributed by atoms with Crippen LogP contribution in [0.1, 0.15) is 44.6 Å². The number of rotatable bonds is 5. The van der Waals surface area contributed by atoms with E-state index in [1.54, 1.807) is 6.20 Å². The Kier molecular flexibility index (Phi) is 4.18. The summed E-state index contributed by atoms with van der Waals surface area (Å²) in [5, 5.41) is 7.52. The first kappa shape index (κ1) is 12.8. The van der Waals surface area contributed by atoms with Crippen molar-refractivity contribution in [1.82, 2.24) is 15.0 Å². The molecule has 1 heterocycles. The Bertz CT molecular complexity index is 352. The summed E-state index contributed by atoms with van der Waals surface area (Å²) >= 11 is 0. The van der Waals surface area contributed by atoms with Gasteiger partial charge in [0.25, 0.3) is 0 Å². The highest BCUT2D eigenvalue weighted by molar-refractivity contribution is 5.91. The second kappa shape index (κ2) is 5.21. The Morgan fingerprint density at radius 3 is 2.69 bits per heavy atom. The van der Waals surface area contributed by atoms with E-state index in [1.165, 1.54) is 11.6 Å². The molecule has 90 valence electrons. The molecule has 0 radical (unpaired) electrons. The normalized spacial score (nSPS) is 11.8. The van der Waals surface area contributed by atoms with Crippen molar-refractivity contribution in [1.29, 1.82) is 0 Å². The van der Waals surface area contributed by atoms with Gasteiger partial charge >= 0.3 is 0 Å². The van der Waals surface area contributed by atoms with Crippen LogP contribution in [0.15, 0.2) is 6.20 Å². The SMILES string of the molecule is CC(=O)c1cn(COCCC(C)(C)C)nn1. The quantitative estimate of drug-likeness (QED) is 0.567. The number of aromatic nitrogens is 3. The molecule has 0 unspecified atom stereocenters. The van der Waals surface area contributed by atoms with Crippen LogP contribution < -0.4 is 0 Å². The van der Waals surface area contributed by atoms with Gasteiger partial charge in [-0.3, -0.25) is 4.79 Å². The zero-order chi connectivity index (χ0) is 12.2. The number of nitrogens with zero attached hydrogens (tertiary/aromatic N) is 3. The number of Topliss-reactive ketones (excluding diaryl/α,β-unsaturated/α-hetero) is 1. The average molecular weight is 225 g/mol. The number of hydrogen-bond donors (Lipinski definition) is 0. The van der Waals surface area contributed by atoms with Crippen LogP contribution in [0.25, 0.3) is 0 Å². The van der Waals surface area contributed by atoms with Gasteiger partial charge in [0, 0.05) is 13.5 Å². The van der Waals surface area contributed by atoms with Crippen molar-refractivity contribution in [2.75, 3.05) is 6.61 Å². The highest BCUT2D eigenvalue weighted by atomic mass is 16.5. The summed E-state index contributed by atoms with van der Waals surface area (Å²) in [5.74, 6) is -0.0825. The van der Waals surface area contributed by atoms with Crippen molar-refractivity contribution < 1.29 is 9.53 Å². The summed E-state index contributed by atoms with van der Waals surface area (Å²) < 4.78 is 6.97. The summed E-state index contributed by atoms with van der Waals surface area (Å²) in [6.07, 6.45) is 2.58. The Morgan fingerprint density at radius 1 is 1.50 bits per heavy atom. The fraction of sp³-hybridized carbons (Fsp3) is 0.727. The molecule has 5 heteroatoms. The summed E-state index contributed by atoms with van der Waals surface area (Å²) in [4.78, 5) is 11.0. The maximum atomic E-state index is 11.0. The Hall–Kier alpha value is -1.23. The highest BCUT2D eigenvalue weighted by Crippen LogP contribution is 2.17. The van der Waals surface area contributed by atoms with Gasteiger partial charge in [0.05, 0.1) is 6.20 Å². The molecule has 0 N–H and O–H groups in total. The first-order valence-corrected chi connectivity index (χ1v) is 5.37. The topological polar surface area (TPSA) is 57.0 Å². The molecule has 0 aromatic carbocycles. The van der Waals surface area contributed by atoms with Crippen molar-refractivity contribution in [3.63, 3.8) is 0 Å². The van der Waals surface area contributed by atoms with E-state index in [0.29, 0.717) is 19.0 Å². The number of ketones is 1. The predicted molar refractivity (Wildman–Crippen MR) is 60.1 cm³/mol. The van der Waals surface area contributed by atoms with Gasteiger partial charge < -0.3 is 4.74 Å². The molecule has 0 amide bonds. The van der Waals surface area contributed by atoms with Crippen LogP contribution >= 0.6 is 0 Å². The Balaban J connectivity index is 2.30. The van der Waals surface area contributed by atoms with Gasteiger partial charge in [-0.25, -0.2) is 4.68 Å². The molecule has 5 nitrogen and oxygen atoms in total. The lowest BCUT2D eigenvalue weighted by atomic mass is 9.93. The second-order valence-corrected chi connectivity index (χ2v) is 5.05. The van der Waals surface area contributed by atoms with Gasteiger partial charge in [0.1, 0.15) is 12.4 Å². The van der Waals surface area contributed by atoms with Crippen LogP contribution in [0, 0.1) is 5.41 Å². The molecule has 0 spiro atoms. The molecule has 0 aliphatic carbocycles. The standard InChI is InChI=1S/C11H19N3O2/c1-9(15)10-7-14(13-12-10)8-16-6-5-11(2,3)4/h7H,5-6,8H2,1-4H3. The third-order valence-electron chi connectivity index (χ3n) is 2.12. The zero-order valence-corrected chi connectivity index (χ0v) is 10.4. The molecule has 0 atom stereocenters.